The van der Waals surface area contributed by atoms with E-state index >= 15 is 0 Å². The minimum Gasteiger partial charge on any atom is -0.507 e. The Morgan fingerprint density at radius 2 is 1.44 bits per heavy atom. The second-order valence-electron chi connectivity index (χ2n) is 11.4. The molecule has 3 aromatic rings. The molecule has 0 amide bonds. The van der Waals surface area contributed by atoms with Gasteiger partial charge in [0, 0.05) is 22.1 Å². The number of ketones is 1. The third-order valence-corrected chi connectivity index (χ3v) is 6.87. The van der Waals surface area contributed by atoms with E-state index in [0.717, 1.165) is 16.7 Å². The minimum atomic E-state index is -0.554. The first-order valence-electron chi connectivity index (χ1n) is 11.9. The Labute approximate surface area is 216 Å². The number of fused-ring (bicyclic) bond motifs is 1. The van der Waals surface area contributed by atoms with Gasteiger partial charge in [0.2, 0.25) is 0 Å². The van der Waals surface area contributed by atoms with Crippen LogP contribution in [0.1, 0.15) is 92.1 Å². The molecule has 0 saturated carbocycles. The highest BCUT2D eigenvalue weighted by molar-refractivity contribution is 6.30. The number of hydrogen-bond donors (Lipinski definition) is 2. The van der Waals surface area contributed by atoms with E-state index in [0.29, 0.717) is 16.1 Å². The molecule has 188 valence electrons. The summed E-state index contributed by atoms with van der Waals surface area (Å²) in [7, 11) is 0. The van der Waals surface area contributed by atoms with Crippen LogP contribution in [-0.2, 0) is 15.6 Å². The maximum atomic E-state index is 13.2. The maximum Gasteiger partial charge on any atom is 0.312 e. The van der Waals surface area contributed by atoms with Gasteiger partial charge in [-0.05, 0) is 63.9 Å². The number of benzene rings is 3. The number of carbonyl (C=O) groups excluding carboxylic acids is 2. The Morgan fingerprint density at radius 1 is 0.889 bits per heavy atom. The van der Waals surface area contributed by atoms with Crippen LogP contribution >= 0.6 is 11.6 Å². The van der Waals surface area contributed by atoms with Gasteiger partial charge in [0.15, 0.2) is 5.78 Å². The van der Waals surface area contributed by atoms with Crippen LogP contribution in [0.25, 0.3) is 0 Å². The van der Waals surface area contributed by atoms with E-state index in [1.165, 1.54) is 6.07 Å². The number of hydrogen-bond acceptors (Lipinski definition) is 5. The largest absolute Gasteiger partial charge is 0.507 e. The van der Waals surface area contributed by atoms with Crippen LogP contribution in [0.2, 0.25) is 5.02 Å². The van der Waals surface area contributed by atoms with E-state index < -0.39 is 11.9 Å². The Balaban J connectivity index is 1.93. The molecule has 5 nitrogen and oxygen atoms in total. The van der Waals surface area contributed by atoms with Crippen molar-refractivity contribution in [1.29, 1.82) is 0 Å². The first-order valence-corrected chi connectivity index (χ1v) is 12.3. The van der Waals surface area contributed by atoms with Crippen LogP contribution in [0.3, 0.4) is 0 Å². The lowest BCUT2D eigenvalue weighted by Crippen LogP contribution is -2.24. The predicted molar refractivity (Wildman–Crippen MR) is 141 cm³/mol. The Morgan fingerprint density at radius 3 is 1.97 bits per heavy atom. The van der Waals surface area contributed by atoms with E-state index in [2.05, 4.69) is 0 Å². The summed E-state index contributed by atoms with van der Waals surface area (Å²) in [6.07, 6.45) is -0.00289. The molecule has 1 aliphatic rings. The quantitative estimate of drug-likeness (QED) is 0.226. The second-order valence-corrected chi connectivity index (χ2v) is 11.8. The highest BCUT2D eigenvalue weighted by atomic mass is 35.5. The third kappa shape index (κ3) is 4.72. The summed E-state index contributed by atoms with van der Waals surface area (Å²) in [6, 6.07) is 13.3. The molecule has 0 fully saturated rings. The lowest BCUT2D eigenvalue weighted by Gasteiger charge is -2.32. The molecule has 3 aromatic carbocycles. The van der Waals surface area contributed by atoms with Gasteiger partial charge in [-0.2, -0.15) is 0 Å². The average molecular weight is 507 g/mol. The second kappa shape index (κ2) is 8.97. The summed E-state index contributed by atoms with van der Waals surface area (Å²) >= 11 is 5.96. The number of halogens is 1. The Hall–Kier alpha value is -3.31. The number of rotatable bonds is 3. The lowest BCUT2D eigenvalue weighted by molar-refractivity contribution is -0.135. The number of ether oxygens (including phenoxy) is 1. The standard InChI is InChI=1S/C30H31ClO5/c1-29(2,3)21-13-17(14-22(28(21)35)30(4,5)6)20-15-24(32)36-23-12-11-19(27(34)25(20)23)26(33)16-7-9-18(31)10-8-16/h7-14,20,34-35H,15H2,1-6H3/t20-/m0/s1. The van der Waals surface area contributed by atoms with E-state index in [1.807, 2.05) is 53.7 Å². The molecule has 0 radical (unpaired) electrons. The molecule has 0 aliphatic carbocycles. The van der Waals surface area contributed by atoms with Crippen molar-refractivity contribution in [1.82, 2.24) is 0 Å². The fourth-order valence-electron chi connectivity index (χ4n) is 4.67. The predicted octanol–water partition coefficient (Wildman–Crippen LogP) is 7.02. The lowest BCUT2D eigenvalue weighted by atomic mass is 9.75. The number of carbonyl (C=O) groups is 2. The van der Waals surface area contributed by atoms with Gasteiger partial charge in [0.25, 0.3) is 0 Å². The van der Waals surface area contributed by atoms with Crippen molar-refractivity contribution < 1.29 is 24.5 Å². The topological polar surface area (TPSA) is 83.8 Å². The van der Waals surface area contributed by atoms with Gasteiger partial charge in [-0.25, -0.2) is 0 Å². The van der Waals surface area contributed by atoms with Gasteiger partial charge in [-0.3, -0.25) is 9.59 Å². The minimum absolute atomic E-state index is 0.00289. The first kappa shape index (κ1) is 25.8. The van der Waals surface area contributed by atoms with E-state index in [1.54, 1.807) is 30.3 Å². The monoisotopic (exact) mass is 506 g/mol. The molecule has 0 spiro atoms. The van der Waals surface area contributed by atoms with Gasteiger partial charge in [0.05, 0.1) is 12.0 Å². The van der Waals surface area contributed by atoms with E-state index in [4.69, 9.17) is 16.3 Å². The van der Waals surface area contributed by atoms with Crippen molar-refractivity contribution in [3.05, 3.63) is 86.9 Å². The molecule has 2 N–H and O–H groups in total. The molecule has 1 heterocycles. The summed E-state index contributed by atoms with van der Waals surface area (Å²) in [5, 5.41) is 23.0. The van der Waals surface area contributed by atoms with Crippen LogP contribution in [-0.4, -0.2) is 22.0 Å². The molecular weight excluding hydrogens is 476 g/mol. The Kier molecular flexibility index (Phi) is 6.42. The highest BCUT2D eigenvalue weighted by Gasteiger charge is 2.36. The van der Waals surface area contributed by atoms with E-state index in [-0.39, 0.29) is 45.8 Å². The van der Waals surface area contributed by atoms with Gasteiger partial charge in [-0.1, -0.05) is 65.3 Å². The molecule has 36 heavy (non-hydrogen) atoms. The molecular formula is C30H31ClO5. The smallest absolute Gasteiger partial charge is 0.312 e. The zero-order chi connectivity index (χ0) is 26.6. The van der Waals surface area contributed by atoms with Gasteiger partial charge < -0.3 is 14.9 Å². The molecule has 1 atom stereocenters. The van der Waals surface area contributed by atoms with Crippen LogP contribution in [0.4, 0.5) is 0 Å². The molecule has 0 bridgehead atoms. The molecule has 4 rings (SSSR count). The van der Waals surface area contributed by atoms with Crippen LogP contribution in [0.5, 0.6) is 17.2 Å². The fraction of sp³-hybridized carbons (Fsp3) is 0.333. The zero-order valence-corrected chi connectivity index (χ0v) is 22.2. The molecule has 0 saturated heterocycles. The van der Waals surface area contributed by atoms with Crippen LogP contribution in [0, 0.1) is 0 Å². The molecule has 1 aliphatic heterocycles. The number of phenolic OH excluding ortho intramolecular Hbond substituents is 2. The van der Waals surface area contributed by atoms with Crippen molar-refractivity contribution in [3.63, 3.8) is 0 Å². The Bertz CT molecular complexity index is 1320. The van der Waals surface area contributed by atoms with Crippen molar-refractivity contribution in [2.75, 3.05) is 0 Å². The third-order valence-electron chi connectivity index (χ3n) is 6.62. The molecule has 0 unspecified atom stereocenters. The van der Waals surface area contributed by atoms with Crippen molar-refractivity contribution >= 4 is 23.4 Å². The van der Waals surface area contributed by atoms with Crippen molar-refractivity contribution in [3.8, 4) is 17.2 Å². The first-order chi connectivity index (χ1) is 16.7. The van der Waals surface area contributed by atoms with Crippen molar-refractivity contribution in [2.24, 2.45) is 0 Å². The number of aromatic hydroxyl groups is 2. The van der Waals surface area contributed by atoms with Crippen LogP contribution < -0.4 is 4.74 Å². The van der Waals surface area contributed by atoms with Gasteiger partial charge in [0.1, 0.15) is 17.2 Å². The van der Waals surface area contributed by atoms with Crippen molar-refractivity contribution in [2.45, 2.75) is 64.7 Å². The molecule has 0 aromatic heterocycles. The average Bonchev–Trinajstić information content (AvgIpc) is 2.77. The summed E-state index contributed by atoms with van der Waals surface area (Å²) < 4.78 is 5.46. The number of esters is 1. The number of phenols is 2. The summed E-state index contributed by atoms with van der Waals surface area (Å²) in [6.45, 7) is 12.1. The van der Waals surface area contributed by atoms with Crippen LogP contribution in [0.15, 0.2) is 48.5 Å². The highest BCUT2D eigenvalue weighted by Crippen LogP contribution is 2.48. The zero-order valence-electron chi connectivity index (χ0n) is 21.4. The van der Waals surface area contributed by atoms with Gasteiger partial charge in [-0.15, -0.1) is 0 Å². The maximum absolute atomic E-state index is 13.2. The SMILES string of the molecule is CC(C)(C)c1cc([C@@H]2CC(=O)Oc3ccc(C(=O)c4ccc(Cl)cc4)c(O)c32)cc(C(C)(C)C)c1O. The summed E-state index contributed by atoms with van der Waals surface area (Å²) in [4.78, 5) is 25.8. The normalized spacial score (nSPS) is 15.9. The van der Waals surface area contributed by atoms with Gasteiger partial charge >= 0.3 is 5.97 Å². The molecule has 6 heteroatoms. The fourth-order valence-corrected chi connectivity index (χ4v) is 4.80. The van der Waals surface area contributed by atoms with E-state index in [9.17, 15) is 19.8 Å². The summed E-state index contributed by atoms with van der Waals surface area (Å²) in [5.41, 5.74) is 2.42. The summed E-state index contributed by atoms with van der Waals surface area (Å²) in [5.74, 6) is -1.10.